The molecular formula is C24H21N3O3S2. The molecule has 4 rings (SSSR count). The Bertz CT molecular complexity index is 1480. The Hall–Kier alpha value is -3.49. The summed E-state index contributed by atoms with van der Waals surface area (Å²) in [7, 11) is -3.86. The van der Waals surface area contributed by atoms with Gasteiger partial charge in [-0.3, -0.25) is 9.52 Å². The van der Waals surface area contributed by atoms with Crippen LogP contribution in [-0.4, -0.2) is 18.9 Å². The van der Waals surface area contributed by atoms with Gasteiger partial charge in [-0.15, -0.1) is 6.58 Å². The van der Waals surface area contributed by atoms with Crippen LogP contribution in [-0.2, 0) is 16.6 Å². The normalized spacial score (nSPS) is 12.1. The molecule has 32 heavy (non-hydrogen) atoms. The fourth-order valence-electron chi connectivity index (χ4n) is 3.24. The highest BCUT2D eigenvalue weighted by Gasteiger charge is 2.18. The van der Waals surface area contributed by atoms with E-state index in [0.29, 0.717) is 11.3 Å². The lowest BCUT2D eigenvalue weighted by Crippen LogP contribution is -2.18. The van der Waals surface area contributed by atoms with Crippen LogP contribution in [0.1, 0.15) is 15.9 Å². The van der Waals surface area contributed by atoms with Gasteiger partial charge in [0.05, 0.1) is 26.4 Å². The number of benzene rings is 3. The molecule has 8 heteroatoms. The number of fused-ring (bicyclic) bond motifs is 1. The van der Waals surface area contributed by atoms with Gasteiger partial charge in [0.25, 0.3) is 15.9 Å². The minimum Gasteiger partial charge on any atom is -0.312 e. The van der Waals surface area contributed by atoms with Gasteiger partial charge >= 0.3 is 0 Å². The van der Waals surface area contributed by atoms with Crippen molar-refractivity contribution >= 4 is 43.2 Å². The minimum absolute atomic E-state index is 0.121. The van der Waals surface area contributed by atoms with Crippen molar-refractivity contribution in [2.24, 2.45) is 4.99 Å². The van der Waals surface area contributed by atoms with E-state index in [9.17, 15) is 13.2 Å². The Kier molecular flexibility index (Phi) is 6.07. The maximum absolute atomic E-state index is 13.1. The van der Waals surface area contributed by atoms with Crippen LogP contribution in [0.3, 0.4) is 0 Å². The number of sulfonamides is 1. The lowest BCUT2D eigenvalue weighted by atomic mass is 10.2. The molecule has 4 aromatic rings. The number of hydrogen-bond donors (Lipinski definition) is 1. The van der Waals surface area contributed by atoms with Crippen LogP contribution >= 0.6 is 11.3 Å². The van der Waals surface area contributed by atoms with E-state index in [1.165, 1.54) is 23.5 Å². The molecule has 1 aromatic heterocycles. The molecule has 0 bridgehead atoms. The van der Waals surface area contributed by atoms with Crippen LogP contribution < -0.4 is 9.52 Å². The van der Waals surface area contributed by atoms with Gasteiger partial charge in [-0.25, -0.2) is 8.42 Å². The van der Waals surface area contributed by atoms with Gasteiger partial charge in [0.15, 0.2) is 4.80 Å². The number of amides is 1. The van der Waals surface area contributed by atoms with Crippen LogP contribution in [0.4, 0.5) is 5.69 Å². The predicted octanol–water partition coefficient (Wildman–Crippen LogP) is 4.74. The molecule has 0 radical (unpaired) electrons. The van der Waals surface area contributed by atoms with Crippen molar-refractivity contribution in [2.75, 3.05) is 4.72 Å². The molecule has 0 unspecified atom stereocenters. The number of anilines is 1. The standard InChI is InChI=1S/C24H21N3O3S2/c1-3-16-27-21-10-6-7-11-22(21)31-24(27)25-23(28)19-8-4-5-9-20(19)26-32(29,30)18-14-12-17(2)13-15-18/h3-15,26H,1,16H2,2H3. The first-order chi connectivity index (χ1) is 15.4. The molecule has 0 fully saturated rings. The largest absolute Gasteiger partial charge is 0.312 e. The molecule has 0 aliphatic rings. The van der Waals surface area contributed by atoms with E-state index in [0.717, 1.165) is 15.8 Å². The summed E-state index contributed by atoms with van der Waals surface area (Å²) in [5.41, 5.74) is 2.26. The first-order valence-corrected chi connectivity index (χ1v) is 12.2. The van der Waals surface area contributed by atoms with E-state index in [4.69, 9.17) is 0 Å². The molecule has 0 aliphatic heterocycles. The average molecular weight is 464 g/mol. The molecule has 1 N–H and O–H groups in total. The van der Waals surface area contributed by atoms with Crippen LogP contribution in [0.15, 0.2) is 95.3 Å². The lowest BCUT2D eigenvalue weighted by Gasteiger charge is -2.11. The van der Waals surface area contributed by atoms with Gasteiger partial charge in [0.1, 0.15) is 0 Å². The second kappa shape index (κ2) is 8.94. The summed E-state index contributed by atoms with van der Waals surface area (Å²) in [6.07, 6.45) is 1.74. The molecule has 0 atom stereocenters. The number of para-hydroxylation sites is 2. The van der Waals surface area contributed by atoms with Crippen LogP contribution in [0.5, 0.6) is 0 Å². The van der Waals surface area contributed by atoms with Gasteiger partial charge in [-0.1, -0.05) is 59.4 Å². The third-order valence-electron chi connectivity index (χ3n) is 4.83. The Morgan fingerprint density at radius 1 is 1.06 bits per heavy atom. The van der Waals surface area contributed by atoms with Crippen molar-refractivity contribution in [1.29, 1.82) is 0 Å². The first-order valence-electron chi connectivity index (χ1n) is 9.86. The maximum Gasteiger partial charge on any atom is 0.281 e. The average Bonchev–Trinajstić information content (AvgIpc) is 3.11. The number of aromatic nitrogens is 1. The number of allylic oxidation sites excluding steroid dienone is 1. The number of carbonyl (C=O) groups excluding carboxylic acids is 1. The summed E-state index contributed by atoms with van der Waals surface area (Å²) < 4.78 is 31.1. The Morgan fingerprint density at radius 2 is 1.75 bits per heavy atom. The van der Waals surface area contributed by atoms with Crippen LogP contribution in [0.2, 0.25) is 0 Å². The quantitative estimate of drug-likeness (QED) is 0.420. The van der Waals surface area contributed by atoms with E-state index in [-0.39, 0.29) is 16.1 Å². The molecule has 3 aromatic carbocycles. The Morgan fingerprint density at radius 3 is 2.50 bits per heavy atom. The summed E-state index contributed by atoms with van der Waals surface area (Å²) in [4.78, 5) is 18.1. The van der Waals surface area contributed by atoms with Crippen LogP contribution in [0, 0.1) is 6.92 Å². The van der Waals surface area contributed by atoms with Gasteiger partial charge < -0.3 is 4.57 Å². The molecule has 6 nitrogen and oxygen atoms in total. The van der Waals surface area contributed by atoms with E-state index >= 15 is 0 Å². The number of nitrogens with one attached hydrogen (secondary N) is 1. The lowest BCUT2D eigenvalue weighted by molar-refractivity contribution is 0.0998. The molecule has 0 aliphatic carbocycles. The number of nitrogens with zero attached hydrogens (tertiary/aromatic N) is 2. The predicted molar refractivity (Wildman–Crippen MR) is 128 cm³/mol. The fourth-order valence-corrected chi connectivity index (χ4v) is 5.36. The zero-order chi connectivity index (χ0) is 22.7. The molecule has 162 valence electrons. The number of carbonyl (C=O) groups is 1. The number of rotatable bonds is 6. The molecule has 0 spiro atoms. The summed E-state index contributed by atoms with van der Waals surface area (Å²) >= 11 is 1.39. The summed E-state index contributed by atoms with van der Waals surface area (Å²) in [6.45, 7) is 6.17. The molecule has 1 amide bonds. The summed E-state index contributed by atoms with van der Waals surface area (Å²) in [5.74, 6) is -0.531. The zero-order valence-corrected chi connectivity index (χ0v) is 19.0. The molecule has 0 saturated carbocycles. The van der Waals surface area contributed by atoms with Crippen molar-refractivity contribution in [3.63, 3.8) is 0 Å². The highest BCUT2D eigenvalue weighted by molar-refractivity contribution is 7.92. The van der Waals surface area contributed by atoms with Gasteiger partial charge in [0, 0.05) is 6.54 Å². The number of hydrogen-bond acceptors (Lipinski definition) is 4. The highest BCUT2D eigenvalue weighted by Crippen LogP contribution is 2.22. The van der Waals surface area contributed by atoms with E-state index in [1.807, 2.05) is 35.8 Å². The van der Waals surface area contributed by atoms with E-state index in [2.05, 4.69) is 16.3 Å². The highest BCUT2D eigenvalue weighted by atomic mass is 32.2. The monoisotopic (exact) mass is 463 g/mol. The first kappa shape index (κ1) is 21.7. The molecular weight excluding hydrogens is 442 g/mol. The third kappa shape index (κ3) is 4.42. The van der Waals surface area contributed by atoms with Crippen molar-refractivity contribution < 1.29 is 13.2 Å². The van der Waals surface area contributed by atoms with Crippen molar-refractivity contribution in [3.05, 3.63) is 101 Å². The van der Waals surface area contributed by atoms with Crippen molar-refractivity contribution in [3.8, 4) is 0 Å². The zero-order valence-electron chi connectivity index (χ0n) is 17.4. The third-order valence-corrected chi connectivity index (χ3v) is 7.27. The van der Waals surface area contributed by atoms with E-state index < -0.39 is 15.9 Å². The second-order valence-electron chi connectivity index (χ2n) is 7.13. The van der Waals surface area contributed by atoms with Gasteiger partial charge in [0.2, 0.25) is 0 Å². The molecule has 0 saturated heterocycles. The Labute approximate surface area is 190 Å². The maximum atomic E-state index is 13.1. The topological polar surface area (TPSA) is 80.5 Å². The van der Waals surface area contributed by atoms with Gasteiger partial charge in [-0.2, -0.15) is 4.99 Å². The smallest absolute Gasteiger partial charge is 0.281 e. The van der Waals surface area contributed by atoms with Crippen LogP contribution in [0.25, 0.3) is 10.2 Å². The number of aryl methyl sites for hydroxylation is 1. The van der Waals surface area contributed by atoms with E-state index in [1.54, 1.807) is 42.5 Å². The van der Waals surface area contributed by atoms with Gasteiger partial charge in [-0.05, 0) is 43.3 Å². The SMILES string of the molecule is C=CCn1c(=NC(=O)c2ccccc2NS(=O)(=O)c2ccc(C)cc2)sc2ccccc21. The minimum atomic E-state index is -3.86. The van der Waals surface area contributed by atoms with Crippen molar-refractivity contribution in [2.45, 2.75) is 18.4 Å². The summed E-state index contributed by atoms with van der Waals surface area (Å²) in [5, 5.41) is 0. The fraction of sp³-hybridized carbons (Fsp3) is 0.0833. The second-order valence-corrected chi connectivity index (χ2v) is 9.82. The number of thiazole rings is 1. The Balaban J connectivity index is 1.74. The summed E-state index contributed by atoms with van der Waals surface area (Å²) in [6, 6.07) is 20.7. The van der Waals surface area contributed by atoms with Crippen molar-refractivity contribution in [1.82, 2.24) is 4.57 Å². The molecule has 1 heterocycles.